The molecular formula is C40H52N4O8. The van der Waals surface area contributed by atoms with Gasteiger partial charge in [0.15, 0.2) is 0 Å². The minimum absolute atomic E-state index is 0.159. The largest absolute Gasteiger partial charge is 0.497 e. The van der Waals surface area contributed by atoms with E-state index in [1.807, 2.05) is 68.4 Å². The van der Waals surface area contributed by atoms with Crippen molar-refractivity contribution < 1.29 is 38.5 Å². The van der Waals surface area contributed by atoms with E-state index in [1.165, 1.54) is 0 Å². The number of hydrogen-bond donors (Lipinski definition) is 4. The number of carboxylic acid groups (broad SMARTS) is 1. The summed E-state index contributed by atoms with van der Waals surface area (Å²) < 4.78 is 17.8. The topological polar surface area (TPSA) is 165 Å². The van der Waals surface area contributed by atoms with Gasteiger partial charge < -0.3 is 35.3 Å². The molecule has 2 aromatic carbocycles. The molecule has 0 saturated heterocycles. The maximum atomic E-state index is 14.1. The van der Waals surface area contributed by atoms with Gasteiger partial charge in [-0.3, -0.25) is 14.4 Å². The van der Waals surface area contributed by atoms with Crippen LogP contribution >= 0.6 is 0 Å². The second-order valence-electron chi connectivity index (χ2n) is 14.3. The highest BCUT2D eigenvalue weighted by Gasteiger charge is 2.46. The number of aliphatic carboxylic acids is 1. The molecule has 1 aromatic heterocycles. The van der Waals surface area contributed by atoms with Crippen LogP contribution in [-0.4, -0.2) is 72.4 Å². The lowest BCUT2D eigenvalue weighted by molar-refractivity contribution is -0.143. The van der Waals surface area contributed by atoms with Gasteiger partial charge in [-0.25, -0.2) is 9.78 Å². The zero-order valence-corrected chi connectivity index (χ0v) is 30.7. The van der Waals surface area contributed by atoms with Gasteiger partial charge in [-0.15, -0.1) is 0 Å². The molecule has 5 rings (SSSR count). The maximum Gasteiger partial charge on any atom is 0.326 e. The molecule has 0 radical (unpaired) electrons. The number of aromatic nitrogens is 1. The van der Waals surface area contributed by atoms with Crippen molar-refractivity contribution in [1.29, 1.82) is 0 Å². The number of nitrogens with zero attached hydrogens (tertiary/aromatic N) is 1. The Hall–Kier alpha value is -4.71. The Bertz CT molecular complexity index is 1710. The SMILES string of the molecule is CC[C@H](NC(=O)[C@@H]1C[C@@H](Oc2cc(-c3ccccc3)nc3cc(OC)ccc23)C[C@H]1C(=O)N[C@H](C(=O)N[C@@H](OC)C1CCCCC1)C(C)C)C(=O)O. The molecule has 12 nitrogen and oxygen atoms in total. The lowest BCUT2D eigenvalue weighted by Crippen LogP contribution is -2.55. The third-order valence-corrected chi connectivity index (χ3v) is 10.4. The van der Waals surface area contributed by atoms with E-state index in [2.05, 4.69) is 16.0 Å². The third-order valence-electron chi connectivity index (χ3n) is 10.4. The van der Waals surface area contributed by atoms with Gasteiger partial charge >= 0.3 is 5.97 Å². The zero-order chi connectivity index (χ0) is 37.4. The van der Waals surface area contributed by atoms with Gasteiger partial charge in [0.25, 0.3) is 0 Å². The van der Waals surface area contributed by atoms with Gasteiger partial charge in [0, 0.05) is 36.1 Å². The first kappa shape index (κ1) is 38.5. The Labute approximate surface area is 305 Å². The summed E-state index contributed by atoms with van der Waals surface area (Å²) in [7, 11) is 3.17. The Kier molecular flexibility index (Phi) is 13.1. The van der Waals surface area contributed by atoms with Crippen LogP contribution in [-0.2, 0) is 23.9 Å². The summed E-state index contributed by atoms with van der Waals surface area (Å²) in [6, 6.07) is 15.0. The molecule has 12 heteroatoms. The van der Waals surface area contributed by atoms with E-state index in [4.69, 9.17) is 19.2 Å². The molecule has 52 heavy (non-hydrogen) atoms. The summed E-state index contributed by atoms with van der Waals surface area (Å²) in [6.07, 6.45) is 4.70. The predicted octanol–water partition coefficient (Wildman–Crippen LogP) is 5.47. The normalized spacial score (nSPS) is 20.8. The number of ether oxygens (including phenoxy) is 3. The first-order chi connectivity index (χ1) is 25.0. The summed E-state index contributed by atoms with van der Waals surface area (Å²) in [5, 5.41) is 19.0. The van der Waals surface area contributed by atoms with Crippen molar-refractivity contribution in [3.05, 3.63) is 54.6 Å². The fraction of sp³-hybridized carbons (Fsp3) is 0.525. The average Bonchev–Trinajstić information content (AvgIpc) is 3.58. The van der Waals surface area contributed by atoms with Gasteiger partial charge in [-0.1, -0.05) is 70.4 Å². The van der Waals surface area contributed by atoms with Crippen molar-refractivity contribution in [2.75, 3.05) is 14.2 Å². The van der Waals surface area contributed by atoms with Gasteiger partial charge in [0.1, 0.15) is 35.9 Å². The van der Waals surface area contributed by atoms with Crippen LogP contribution in [0.3, 0.4) is 0 Å². The predicted molar refractivity (Wildman–Crippen MR) is 197 cm³/mol. The van der Waals surface area contributed by atoms with E-state index >= 15 is 0 Å². The van der Waals surface area contributed by atoms with E-state index in [0.717, 1.165) is 43.1 Å². The minimum Gasteiger partial charge on any atom is -0.497 e. The molecule has 2 saturated carbocycles. The fourth-order valence-electron chi connectivity index (χ4n) is 7.45. The van der Waals surface area contributed by atoms with Crippen molar-refractivity contribution in [1.82, 2.24) is 20.9 Å². The number of fused-ring (bicyclic) bond motifs is 1. The first-order valence-electron chi connectivity index (χ1n) is 18.4. The Morgan fingerprint density at radius 3 is 2.15 bits per heavy atom. The van der Waals surface area contributed by atoms with Crippen LogP contribution in [0.1, 0.15) is 72.1 Å². The molecule has 280 valence electrons. The quantitative estimate of drug-likeness (QED) is 0.149. The van der Waals surface area contributed by atoms with Gasteiger partial charge in [0.2, 0.25) is 17.7 Å². The third kappa shape index (κ3) is 9.20. The van der Waals surface area contributed by atoms with Crippen LogP contribution in [0.25, 0.3) is 22.2 Å². The molecule has 0 aliphatic heterocycles. The fourth-order valence-corrected chi connectivity index (χ4v) is 7.45. The molecule has 3 aromatic rings. The van der Waals surface area contributed by atoms with E-state index < -0.39 is 54.0 Å². The van der Waals surface area contributed by atoms with Crippen LogP contribution in [0.2, 0.25) is 0 Å². The number of carbonyl (C=O) groups is 4. The summed E-state index contributed by atoms with van der Waals surface area (Å²) in [4.78, 5) is 58.3. The smallest absolute Gasteiger partial charge is 0.326 e. The van der Waals surface area contributed by atoms with Crippen LogP contribution in [0.15, 0.2) is 54.6 Å². The number of pyridine rings is 1. The van der Waals surface area contributed by atoms with Gasteiger partial charge in [0.05, 0.1) is 30.2 Å². The number of methoxy groups -OCH3 is 2. The minimum atomic E-state index is -1.16. The van der Waals surface area contributed by atoms with Crippen LogP contribution in [0, 0.1) is 23.7 Å². The summed E-state index contributed by atoms with van der Waals surface area (Å²) in [5.74, 6) is -3.21. The van der Waals surface area contributed by atoms with Crippen molar-refractivity contribution >= 4 is 34.6 Å². The molecule has 2 aliphatic rings. The molecule has 0 bridgehead atoms. The molecule has 6 atom stereocenters. The molecular weight excluding hydrogens is 664 g/mol. The average molecular weight is 717 g/mol. The second kappa shape index (κ2) is 17.7. The Morgan fingerprint density at radius 1 is 0.885 bits per heavy atom. The first-order valence-corrected chi connectivity index (χ1v) is 18.4. The molecule has 0 spiro atoms. The number of rotatable bonds is 15. The monoisotopic (exact) mass is 716 g/mol. The maximum absolute atomic E-state index is 14.1. The summed E-state index contributed by atoms with van der Waals surface area (Å²) in [6.45, 7) is 5.37. The summed E-state index contributed by atoms with van der Waals surface area (Å²) in [5.41, 5.74) is 2.21. The number of hydrogen-bond acceptors (Lipinski definition) is 8. The Morgan fingerprint density at radius 2 is 1.56 bits per heavy atom. The van der Waals surface area contributed by atoms with E-state index in [-0.39, 0.29) is 37.0 Å². The van der Waals surface area contributed by atoms with E-state index in [9.17, 15) is 24.3 Å². The standard InChI is InChI=1S/C40H52N4O8/c1-6-31(40(48)49)42-36(45)29-19-27(52-34-22-32(24-13-9-7-10-14-24)41-33-21-26(50-4)17-18-28(33)34)20-30(29)37(46)43-35(23(2)3)38(47)44-39(51-5)25-15-11-8-12-16-25/h7,9-10,13-14,17-18,21-23,25,27,29-31,35,39H,6,8,11-12,15-16,19-20H2,1-5H3,(H,42,45)(H,43,46)(H,44,47)(H,48,49)/t27-,29-,30-,31+,35+,39+/m1/s1. The molecule has 2 aliphatic carbocycles. The molecule has 4 N–H and O–H groups in total. The second-order valence-corrected chi connectivity index (χ2v) is 14.3. The molecule has 3 amide bonds. The summed E-state index contributed by atoms with van der Waals surface area (Å²) >= 11 is 0. The van der Waals surface area contributed by atoms with Crippen LogP contribution in [0.5, 0.6) is 11.5 Å². The van der Waals surface area contributed by atoms with Crippen molar-refractivity contribution in [2.24, 2.45) is 23.7 Å². The highest BCUT2D eigenvalue weighted by Crippen LogP contribution is 2.39. The highest BCUT2D eigenvalue weighted by molar-refractivity contribution is 5.93. The number of amides is 3. The number of carboxylic acids is 1. The highest BCUT2D eigenvalue weighted by atomic mass is 16.5. The number of nitrogens with one attached hydrogen (secondary N) is 3. The number of benzene rings is 2. The lowest BCUT2D eigenvalue weighted by Gasteiger charge is -2.32. The van der Waals surface area contributed by atoms with Gasteiger partial charge in [-0.2, -0.15) is 0 Å². The van der Waals surface area contributed by atoms with Crippen LogP contribution < -0.4 is 25.4 Å². The van der Waals surface area contributed by atoms with Crippen molar-refractivity contribution in [2.45, 2.75) is 96.6 Å². The van der Waals surface area contributed by atoms with Gasteiger partial charge in [-0.05, 0) is 50.2 Å². The molecule has 0 unspecified atom stereocenters. The van der Waals surface area contributed by atoms with E-state index in [1.54, 1.807) is 21.1 Å². The zero-order valence-electron chi connectivity index (χ0n) is 30.7. The van der Waals surface area contributed by atoms with E-state index in [0.29, 0.717) is 22.7 Å². The van der Waals surface area contributed by atoms with Crippen LogP contribution in [0.4, 0.5) is 0 Å². The molecule has 1 heterocycles. The number of carbonyl (C=O) groups excluding carboxylic acids is 3. The van der Waals surface area contributed by atoms with Crippen molar-refractivity contribution in [3.63, 3.8) is 0 Å². The van der Waals surface area contributed by atoms with Crippen molar-refractivity contribution in [3.8, 4) is 22.8 Å². The lowest BCUT2D eigenvalue weighted by atomic mass is 9.87. The molecule has 2 fully saturated rings. The Balaban J connectivity index is 1.41.